The number of anilines is 1. The van der Waals surface area contributed by atoms with Crippen LogP contribution in [0.25, 0.3) is 0 Å². The van der Waals surface area contributed by atoms with Crippen LogP contribution in [0, 0.1) is 11.3 Å². The fourth-order valence-electron chi connectivity index (χ4n) is 2.01. The maximum Gasteiger partial charge on any atom is 0.225 e. The summed E-state index contributed by atoms with van der Waals surface area (Å²) in [5, 5.41) is 11.5. The lowest BCUT2D eigenvalue weighted by Gasteiger charge is -2.25. The van der Waals surface area contributed by atoms with Gasteiger partial charge >= 0.3 is 0 Å². The van der Waals surface area contributed by atoms with Gasteiger partial charge in [0.25, 0.3) is 0 Å². The van der Waals surface area contributed by atoms with Gasteiger partial charge in [-0.05, 0) is 24.3 Å². The predicted octanol–water partition coefficient (Wildman–Crippen LogP) is 0.951. The first kappa shape index (κ1) is 14.7. The van der Waals surface area contributed by atoms with Gasteiger partial charge in [-0.25, -0.2) is 0 Å². The molecule has 1 aromatic rings. The third-order valence-corrected chi connectivity index (χ3v) is 4.50. The average molecular weight is 291 g/mol. The largest absolute Gasteiger partial charge is 0.326 e. The Kier molecular flexibility index (Phi) is 5.27. The van der Waals surface area contributed by atoms with Crippen molar-refractivity contribution in [2.75, 3.05) is 36.5 Å². The molecule has 1 amide bonds. The lowest BCUT2D eigenvalue weighted by Crippen LogP contribution is -2.39. The number of carbonyl (C=O) groups excluding carboxylic acids is 1. The molecule has 0 bridgehead atoms. The van der Waals surface area contributed by atoms with E-state index in [1.54, 1.807) is 24.3 Å². The second-order valence-electron chi connectivity index (χ2n) is 4.68. The number of nitriles is 1. The van der Waals surface area contributed by atoms with Crippen molar-refractivity contribution < 1.29 is 9.00 Å². The van der Waals surface area contributed by atoms with Crippen LogP contribution in [0.1, 0.15) is 12.0 Å². The predicted molar refractivity (Wildman–Crippen MR) is 78.7 cm³/mol. The van der Waals surface area contributed by atoms with E-state index in [-0.39, 0.29) is 5.91 Å². The second kappa shape index (κ2) is 7.17. The highest BCUT2D eigenvalue weighted by Crippen LogP contribution is 2.09. The van der Waals surface area contributed by atoms with Crippen molar-refractivity contribution in [2.45, 2.75) is 6.42 Å². The van der Waals surface area contributed by atoms with Gasteiger partial charge in [0.05, 0.1) is 11.6 Å². The Balaban J connectivity index is 1.75. The molecule has 0 unspecified atom stereocenters. The van der Waals surface area contributed by atoms with E-state index in [1.165, 1.54) is 0 Å². The lowest BCUT2D eigenvalue weighted by atomic mass is 10.2. The fraction of sp³-hybridized carbons (Fsp3) is 0.429. The summed E-state index contributed by atoms with van der Waals surface area (Å²) in [6.45, 7) is 2.30. The van der Waals surface area contributed by atoms with Crippen molar-refractivity contribution in [1.82, 2.24) is 4.90 Å². The summed E-state index contributed by atoms with van der Waals surface area (Å²) < 4.78 is 11.2. The maximum absolute atomic E-state index is 11.8. The highest BCUT2D eigenvalue weighted by atomic mass is 32.2. The van der Waals surface area contributed by atoms with E-state index >= 15 is 0 Å². The third-order valence-electron chi connectivity index (χ3n) is 3.22. The molecule has 1 heterocycles. The minimum Gasteiger partial charge on any atom is -0.326 e. The third kappa shape index (κ3) is 4.44. The number of nitrogens with zero attached hydrogens (tertiary/aromatic N) is 2. The average Bonchev–Trinajstić information content (AvgIpc) is 2.47. The maximum atomic E-state index is 11.8. The molecule has 0 saturated carbocycles. The number of amides is 1. The van der Waals surface area contributed by atoms with E-state index in [2.05, 4.69) is 10.2 Å². The summed E-state index contributed by atoms with van der Waals surface area (Å²) in [6, 6.07) is 8.83. The molecule has 6 heteroatoms. The molecule has 106 valence electrons. The Hall–Kier alpha value is -1.71. The van der Waals surface area contributed by atoms with Gasteiger partial charge in [0.15, 0.2) is 0 Å². The van der Waals surface area contributed by atoms with Crippen LogP contribution in [0.5, 0.6) is 0 Å². The standard InChI is InChI=1S/C14H17N3O2S/c15-11-12-1-3-13(4-2-12)16-14(18)5-6-17-7-9-20(19)10-8-17/h1-4H,5-10H2,(H,16,18). The molecule has 1 aliphatic heterocycles. The normalized spacial score (nSPS) is 16.6. The Morgan fingerprint density at radius 1 is 1.30 bits per heavy atom. The van der Waals surface area contributed by atoms with Crippen molar-refractivity contribution in [3.05, 3.63) is 29.8 Å². The van der Waals surface area contributed by atoms with E-state index in [1.807, 2.05) is 6.07 Å². The quantitative estimate of drug-likeness (QED) is 0.896. The topological polar surface area (TPSA) is 73.2 Å². The zero-order valence-corrected chi connectivity index (χ0v) is 12.0. The summed E-state index contributed by atoms with van der Waals surface area (Å²) in [5.41, 5.74) is 1.28. The van der Waals surface area contributed by atoms with Crippen molar-refractivity contribution >= 4 is 22.4 Å². The lowest BCUT2D eigenvalue weighted by molar-refractivity contribution is -0.116. The molecule has 0 aliphatic carbocycles. The van der Waals surface area contributed by atoms with Crippen LogP contribution in [-0.4, -0.2) is 46.2 Å². The molecule has 1 aromatic carbocycles. The van der Waals surface area contributed by atoms with Gasteiger partial charge in [0.1, 0.15) is 0 Å². The SMILES string of the molecule is N#Cc1ccc(NC(=O)CCN2CCS(=O)CC2)cc1. The van der Waals surface area contributed by atoms with Gasteiger partial charge in [-0.15, -0.1) is 0 Å². The summed E-state index contributed by atoms with van der Waals surface area (Å²) in [5.74, 6) is 1.37. The molecule has 1 N–H and O–H groups in total. The minimum absolute atomic E-state index is 0.0404. The molecule has 1 saturated heterocycles. The molecule has 0 radical (unpaired) electrons. The van der Waals surface area contributed by atoms with Gasteiger partial charge in [-0.3, -0.25) is 9.00 Å². The van der Waals surface area contributed by atoms with Gasteiger partial charge < -0.3 is 10.2 Å². The molecular formula is C14H17N3O2S. The highest BCUT2D eigenvalue weighted by molar-refractivity contribution is 7.85. The van der Waals surface area contributed by atoms with Crippen molar-refractivity contribution in [3.63, 3.8) is 0 Å². The first-order valence-corrected chi connectivity index (χ1v) is 8.03. The first-order valence-electron chi connectivity index (χ1n) is 6.55. The second-order valence-corrected chi connectivity index (χ2v) is 6.37. The van der Waals surface area contributed by atoms with Gasteiger partial charge in [0.2, 0.25) is 5.91 Å². The van der Waals surface area contributed by atoms with Crippen molar-refractivity contribution in [2.24, 2.45) is 0 Å². The van der Waals surface area contributed by atoms with Crippen LogP contribution >= 0.6 is 0 Å². The molecule has 1 aliphatic rings. The molecule has 0 aromatic heterocycles. The number of carbonyl (C=O) groups is 1. The van der Waals surface area contributed by atoms with Crippen molar-refractivity contribution in [3.8, 4) is 6.07 Å². The molecule has 0 spiro atoms. The Morgan fingerprint density at radius 2 is 1.95 bits per heavy atom. The molecule has 0 atom stereocenters. The van der Waals surface area contributed by atoms with Crippen LogP contribution in [-0.2, 0) is 15.6 Å². The van der Waals surface area contributed by atoms with Crippen LogP contribution in [0.2, 0.25) is 0 Å². The zero-order chi connectivity index (χ0) is 14.4. The first-order chi connectivity index (χ1) is 9.67. The van der Waals surface area contributed by atoms with Gasteiger partial charge in [0, 0.05) is 54.0 Å². The van der Waals surface area contributed by atoms with Gasteiger partial charge in [-0.2, -0.15) is 5.26 Å². The number of hydrogen-bond acceptors (Lipinski definition) is 4. The molecular weight excluding hydrogens is 274 g/mol. The van der Waals surface area contributed by atoms with E-state index in [0.717, 1.165) is 13.1 Å². The summed E-state index contributed by atoms with van der Waals surface area (Å²) in [7, 11) is -0.679. The van der Waals surface area contributed by atoms with Crippen LogP contribution in [0.4, 0.5) is 5.69 Å². The number of rotatable bonds is 4. The summed E-state index contributed by atoms with van der Waals surface area (Å²) in [4.78, 5) is 14.0. The Morgan fingerprint density at radius 3 is 2.55 bits per heavy atom. The number of nitrogens with one attached hydrogen (secondary N) is 1. The number of benzene rings is 1. The smallest absolute Gasteiger partial charge is 0.225 e. The monoisotopic (exact) mass is 291 g/mol. The summed E-state index contributed by atoms with van der Waals surface area (Å²) >= 11 is 0. The van der Waals surface area contributed by atoms with E-state index in [0.29, 0.717) is 35.7 Å². The molecule has 1 fully saturated rings. The number of hydrogen-bond donors (Lipinski definition) is 1. The zero-order valence-electron chi connectivity index (χ0n) is 11.2. The molecule has 2 rings (SSSR count). The Labute approximate surface area is 121 Å². The van der Waals surface area contributed by atoms with Gasteiger partial charge in [-0.1, -0.05) is 0 Å². The fourth-order valence-corrected chi connectivity index (χ4v) is 3.14. The Bertz CT molecular complexity index is 526. The van der Waals surface area contributed by atoms with E-state index in [9.17, 15) is 9.00 Å². The van der Waals surface area contributed by atoms with E-state index < -0.39 is 10.8 Å². The molecule has 20 heavy (non-hydrogen) atoms. The minimum atomic E-state index is -0.679. The molecule has 5 nitrogen and oxygen atoms in total. The van der Waals surface area contributed by atoms with Crippen LogP contribution in [0.3, 0.4) is 0 Å². The van der Waals surface area contributed by atoms with Crippen LogP contribution in [0.15, 0.2) is 24.3 Å². The highest BCUT2D eigenvalue weighted by Gasteiger charge is 2.15. The van der Waals surface area contributed by atoms with Crippen molar-refractivity contribution in [1.29, 1.82) is 5.26 Å². The van der Waals surface area contributed by atoms with Crippen LogP contribution < -0.4 is 5.32 Å². The summed E-state index contributed by atoms with van der Waals surface area (Å²) in [6.07, 6.45) is 0.423. The van der Waals surface area contributed by atoms with E-state index in [4.69, 9.17) is 5.26 Å².